The van der Waals surface area contributed by atoms with Crippen LogP contribution in [0.2, 0.25) is 0 Å². The van der Waals surface area contributed by atoms with E-state index in [-0.39, 0.29) is 12.5 Å². The normalized spacial score (nSPS) is 12.2. The number of hydrogen-bond acceptors (Lipinski definition) is 3. The Hall–Kier alpha value is -1.10. The second-order valence-corrected chi connectivity index (χ2v) is 3.28. The minimum absolute atomic E-state index is 0.0231. The summed E-state index contributed by atoms with van der Waals surface area (Å²) in [5.74, 6) is -1.34. The van der Waals surface area contributed by atoms with E-state index in [0.717, 1.165) is 0 Å². The molecule has 0 spiro atoms. The van der Waals surface area contributed by atoms with Crippen LogP contribution in [0.5, 0.6) is 0 Å². The molecule has 0 saturated heterocycles. The highest BCUT2D eigenvalue weighted by molar-refractivity contribution is 5.78. The van der Waals surface area contributed by atoms with Gasteiger partial charge in [-0.1, -0.05) is 6.92 Å². The molecular formula is C9H18N2O3. The molecule has 1 atom stereocenters. The van der Waals surface area contributed by atoms with Gasteiger partial charge in [-0.3, -0.25) is 9.59 Å². The van der Waals surface area contributed by atoms with Gasteiger partial charge in [-0.2, -0.15) is 0 Å². The first-order chi connectivity index (χ1) is 6.49. The maximum atomic E-state index is 11.2. The Balaban J connectivity index is 3.64. The molecule has 2 N–H and O–H groups in total. The Morgan fingerprint density at radius 1 is 1.50 bits per heavy atom. The van der Waals surface area contributed by atoms with Gasteiger partial charge in [0.15, 0.2) is 0 Å². The van der Waals surface area contributed by atoms with Gasteiger partial charge >= 0.3 is 5.97 Å². The van der Waals surface area contributed by atoms with Gasteiger partial charge in [-0.15, -0.1) is 0 Å². The lowest BCUT2D eigenvalue weighted by Crippen LogP contribution is -2.37. The van der Waals surface area contributed by atoms with Crippen molar-refractivity contribution >= 4 is 11.9 Å². The molecule has 0 aromatic carbocycles. The third kappa shape index (κ3) is 4.81. The number of aliphatic carboxylic acids is 1. The smallest absolute Gasteiger partial charge is 0.307 e. The van der Waals surface area contributed by atoms with Crippen LogP contribution in [0.25, 0.3) is 0 Å². The highest BCUT2D eigenvalue weighted by Crippen LogP contribution is 1.91. The predicted octanol–water partition coefficient (Wildman–Crippen LogP) is -0.225. The van der Waals surface area contributed by atoms with E-state index in [4.69, 9.17) is 5.11 Å². The van der Waals surface area contributed by atoms with Gasteiger partial charge < -0.3 is 15.3 Å². The van der Waals surface area contributed by atoms with Crippen molar-refractivity contribution in [3.05, 3.63) is 0 Å². The third-order valence-corrected chi connectivity index (χ3v) is 2.05. The van der Waals surface area contributed by atoms with Crippen LogP contribution >= 0.6 is 0 Å². The lowest BCUT2D eigenvalue weighted by Gasteiger charge is -2.15. The molecule has 0 saturated carbocycles. The van der Waals surface area contributed by atoms with E-state index in [0.29, 0.717) is 13.1 Å². The summed E-state index contributed by atoms with van der Waals surface area (Å²) in [5, 5.41) is 11.4. The second-order valence-electron chi connectivity index (χ2n) is 3.28. The number of likely N-dealkylation sites (N-methyl/N-ethyl adjacent to an activating group) is 1. The van der Waals surface area contributed by atoms with Crippen molar-refractivity contribution in [1.29, 1.82) is 0 Å². The van der Waals surface area contributed by atoms with Gasteiger partial charge in [0.1, 0.15) is 0 Å². The third-order valence-electron chi connectivity index (χ3n) is 2.05. The SMILES string of the molecule is CCN(C)C(=O)CNCC(C)C(=O)O. The monoisotopic (exact) mass is 202 g/mol. The van der Waals surface area contributed by atoms with Gasteiger partial charge in [-0.05, 0) is 6.92 Å². The average molecular weight is 202 g/mol. The summed E-state index contributed by atoms with van der Waals surface area (Å²) in [6.45, 7) is 4.66. The fourth-order valence-electron chi connectivity index (χ4n) is 0.794. The molecule has 0 aliphatic carbocycles. The van der Waals surface area contributed by atoms with Crippen LogP contribution < -0.4 is 5.32 Å². The molecule has 5 nitrogen and oxygen atoms in total. The molecule has 0 bridgehead atoms. The van der Waals surface area contributed by atoms with Gasteiger partial charge in [-0.25, -0.2) is 0 Å². The average Bonchev–Trinajstić information content (AvgIpc) is 2.15. The zero-order valence-electron chi connectivity index (χ0n) is 8.91. The Morgan fingerprint density at radius 2 is 2.07 bits per heavy atom. The molecule has 0 aromatic rings. The van der Waals surface area contributed by atoms with E-state index in [9.17, 15) is 9.59 Å². The summed E-state index contributed by atoms with van der Waals surface area (Å²) >= 11 is 0. The molecule has 1 amide bonds. The van der Waals surface area contributed by atoms with Crippen LogP contribution in [0.1, 0.15) is 13.8 Å². The molecule has 1 unspecified atom stereocenters. The van der Waals surface area contributed by atoms with E-state index >= 15 is 0 Å². The maximum absolute atomic E-state index is 11.2. The van der Waals surface area contributed by atoms with Crippen molar-refractivity contribution < 1.29 is 14.7 Å². The number of nitrogens with zero attached hydrogens (tertiary/aromatic N) is 1. The number of hydrogen-bond donors (Lipinski definition) is 2. The minimum Gasteiger partial charge on any atom is -0.481 e. The highest BCUT2D eigenvalue weighted by atomic mass is 16.4. The zero-order valence-corrected chi connectivity index (χ0v) is 8.91. The molecule has 82 valence electrons. The van der Waals surface area contributed by atoms with Crippen LogP contribution in [0.3, 0.4) is 0 Å². The summed E-state index contributed by atoms with van der Waals surface area (Å²) in [4.78, 5) is 23.3. The minimum atomic E-state index is -0.853. The standard InChI is InChI=1S/C9H18N2O3/c1-4-11(3)8(12)6-10-5-7(2)9(13)14/h7,10H,4-6H2,1-3H3,(H,13,14). The summed E-state index contributed by atoms with van der Waals surface area (Å²) in [6, 6.07) is 0. The van der Waals surface area contributed by atoms with Crippen molar-refractivity contribution in [3.8, 4) is 0 Å². The number of carbonyl (C=O) groups excluding carboxylic acids is 1. The molecule has 0 aromatic heterocycles. The lowest BCUT2D eigenvalue weighted by molar-refractivity contribution is -0.141. The van der Waals surface area contributed by atoms with Crippen LogP contribution in [0.15, 0.2) is 0 Å². The number of carboxylic acid groups (broad SMARTS) is 1. The molecule has 0 aliphatic rings. The van der Waals surface area contributed by atoms with Crippen molar-refractivity contribution in [1.82, 2.24) is 10.2 Å². The summed E-state index contributed by atoms with van der Waals surface area (Å²) < 4.78 is 0. The topological polar surface area (TPSA) is 69.6 Å². The highest BCUT2D eigenvalue weighted by Gasteiger charge is 2.11. The largest absolute Gasteiger partial charge is 0.481 e. The number of carbonyl (C=O) groups is 2. The van der Waals surface area contributed by atoms with E-state index < -0.39 is 11.9 Å². The molecule has 0 radical (unpaired) electrons. The van der Waals surface area contributed by atoms with Gasteiger partial charge in [0.05, 0.1) is 12.5 Å². The summed E-state index contributed by atoms with van der Waals surface area (Å²) in [5.41, 5.74) is 0. The molecule has 0 aliphatic heterocycles. The van der Waals surface area contributed by atoms with E-state index in [2.05, 4.69) is 5.32 Å². The maximum Gasteiger partial charge on any atom is 0.307 e. The molecule has 5 heteroatoms. The summed E-state index contributed by atoms with van der Waals surface area (Å²) in [7, 11) is 1.71. The number of carboxylic acids is 1. The Morgan fingerprint density at radius 3 is 2.50 bits per heavy atom. The van der Waals surface area contributed by atoms with E-state index in [1.807, 2.05) is 6.92 Å². The van der Waals surface area contributed by atoms with Crippen molar-refractivity contribution in [3.63, 3.8) is 0 Å². The Bertz CT molecular complexity index is 206. The second kappa shape index (κ2) is 6.37. The first kappa shape index (κ1) is 12.9. The fourth-order valence-corrected chi connectivity index (χ4v) is 0.794. The first-order valence-corrected chi connectivity index (χ1v) is 4.66. The number of amides is 1. The van der Waals surface area contributed by atoms with E-state index in [1.54, 1.807) is 18.9 Å². The van der Waals surface area contributed by atoms with Crippen LogP contribution in [-0.4, -0.2) is 48.6 Å². The van der Waals surface area contributed by atoms with Crippen molar-refractivity contribution in [2.75, 3.05) is 26.7 Å². The molecule has 0 rings (SSSR count). The van der Waals surface area contributed by atoms with Crippen LogP contribution in [-0.2, 0) is 9.59 Å². The van der Waals surface area contributed by atoms with Crippen molar-refractivity contribution in [2.24, 2.45) is 5.92 Å². The van der Waals surface area contributed by atoms with Gasteiger partial charge in [0.2, 0.25) is 5.91 Å². The molecule has 0 heterocycles. The Kier molecular flexibility index (Phi) is 5.87. The number of nitrogens with one attached hydrogen (secondary N) is 1. The van der Waals surface area contributed by atoms with Gasteiger partial charge in [0, 0.05) is 20.1 Å². The quantitative estimate of drug-likeness (QED) is 0.624. The molecule has 0 fully saturated rings. The molecular weight excluding hydrogens is 184 g/mol. The molecule has 14 heavy (non-hydrogen) atoms. The van der Waals surface area contributed by atoms with Crippen LogP contribution in [0, 0.1) is 5.92 Å². The van der Waals surface area contributed by atoms with E-state index in [1.165, 1.54) is 0 Å². The predicted molar refractivity (Wildman–Crippen MR) is 53.0 cm³/mol. The number of rotatable bonds is 6. The fraction of sp³-hybridized carbons (Fsp3) is 0.778. The van der Waals surface area contributed by atoms with Gasteiger partial charge in [0.25, 0.3) is 0 Å². The van der Waals surface area contributed by atoms with Crippen molar-refractivity contribution in [2.45, 2.75) is 13.8 Å². The van der Waals surface area contributed by atoms with Crippen LogP contribution in [0.4, 0.5) is 0 Å². The lowest BCUT2D eigenvalue weighted by atomic mass is 10.2. The first-order valence-electron chi connectivity index (χ1n) is 4.66. The zero-order chi connectivity index (χ0) is 11.1. The summed E-state index contributed by atoms with van der Waals surface area (Å²) in [6.07, 6.45) is 0. The Labute approximate surface area is 84.1 Å².